The van der Waals surface area contributed by atoms with Gasteiger partial charge in [-0.05, 0) is 17.7 Å². The molecule has 2 aromatic rings. The summed E-state index contributed by atoms with van der Waals surface area (Å²) in [4.78, 5) is 20.2. The minimum atomic E-state index is -3.10. The Bertz CT molecular complexity index is 994. The van der Waals surface area contributed by atoms with E-state index in [1.807, 2.05) is 0 Å². The summed E-state index contributed by atoms with van der Waals surface area (Å²) in [6.07, 6.45) is -2.28. The lowest BCUT2D eigenvalue weighted by Gasteiger charge is -2.33. The van der Waals surface area contributed by atoms with E-state index >= 15 is 0 Å². The second kappa shape index (κ2) is 10.3. The van der Waals surface area contributed by atoms with Crippen LogP contribution in [0.15, 0.2) is 35.5 Å². The topological polar surface area (TPSA) is 86.8 Å². The summed E-state index contributed by atoms with van der Waals surface area (Å²) in [6.45, 7) is -1.80. The number of hydrogen-bond acceptors (Lipinski definition) is 6. The fourth-order valence-electron chi connectivity index (χ4n) is 3.05. The third kappa shape index (κ3) is 5.25. The van der Waals surface area contributed by atoms with Crippen molar-refractivity contribution in [2.75, 3.05) is 20.1 Å². The van der Waals surface area contributed by atoms with E-state index in [0.717, 1.165) is 18.3 Å². The number of pyridine rings is 1. The van der Waals surface area contributed by atoms with Gasteiger partial charge in [0, 0.05) is 18.1 Å². The quantitative estimate of drug-likeness (QED) is 0.479. The molecule has 168 valence electrons. The largest absolute Gasteiger partial charge is 0.461 e. The third-order valence-electron chi connectivity index (χ3n) is 4.44. The van der Waals surface area contributed by atoms with Crippen LogP contribution in [0.1, 0.15) is 21.6 Å². The highest BCUT2D eigenvalue weighted by molar-refractivity contribution is 6.33. The number of hydrogen-bond donors (Lipinski definition) is 1. The summed E-state index contributed by atoms with van der Waals surface area (Å²) >= 11 is 5.99. The Morgan fingerprint density at radius 3 is 2.71 bits per heavy atom. The molecule has 0 bridgehead atoms. The number of carbonyl (C=O) groups is 1. The molecule has 2 heterocycles. The maximum absolute atomic E-state index is 14.5. The second-order valence-corrected chi connectivity index (χ2v) is 6.90. The Kier molecular flexibility index (Phi) is 8.21. The van der Waals surface area contributed by atoms with E-state index < -0.39 is 42.6 Å². The number of aromatic nitrogens is 1. The van der Waals surface area contributed by atoms with Crippen molar-refractivity contribution in [1.82, 2.24) is 4.98 Å². The number of ether oxygens (including phenoxy) is 2. The lowest BCUT2D eigenvalue weighted by atomic mass is 9.88. The van der Waals surface area contributed by atoms with Crippen LogP contribution >= 0.6 is 24.0 Å². The van der Waals surface area contributed by atoms with Crippen LogP contribution in [0.25, 0.3) is 0 Å². The first-order valence-electron chi connectivity index (χ1n) is 8.63. The first-order chi connectivity index (χ1) is 14.3. The smallest absolute Gasteiger partial charge is 0.269 e. The van der Waals surface area contributed by atoms with E-state index in [2.05, 4.69) is 14.7 Å². The molecule has 12 heteroatoms. The SMILES string of the molecule is Cl.NC1=N[C@@](c2cc(CC(=O)c3ncc(OCF)cc3Cl)ccc2F)(C(F)F)COC1. The molecule has 3 rings (SSSR count). The molecule has 0 spiro atoms. The van der Waals surface area contributed by atoms with Crippen LogP contribution in [0.3, 0.4) is 0 Å². The summed E-state index contributed by atoms with van der Waals surface area (Å²) in [5, 5.41) is -0.0737. The van der Waals surface area contributed by atoms with Gasteiger partial charge >= 0.3 is 0 Å². The van der Waals surface area contributed by atoms with Gasteiger partial charge in [0.05, 0.1) is 17.8 Å². The number of rotatable bonds is 7. The Balaban J connectivity index is 0.00000341. The van der Waals surface area contributed by atoms with Crippen LogP contribution in [-0.2, 0) is 16.7 Å². The number of aliphatic imine (C=N–C) groups is 1. The summed E-state index contributed by atoms with van der Waals surface area (Å²) < 4.78 is 64.1. The maximum atomic E-state index is 14.5. The molecule has 0 fully saturated rings. The minimum Gasteiger partial charge on any atom is -0.461 e. The zero-order valence-electron chi connectivity index (χ0n) is 15.8. The molecule has 1 aromatic carbocycles. The van der Waals surface area contributed by atoms with Gasteiger partial charge in [-0.15, -0.1) is 12.4 Å². The van der Waals surface area contributed by atoms with Crippen LogP contribution in [0.5, 0.6) is 5.75 Å². The normalized spacial score (nSPS) is 18.3. The molecule has 6 nitrogen and oxygen atoms in total. The number of nitrogens with zero attached hydrogens (tertiary/aromatic N) is 2. The fourth-order valence-corrected chi connectivity index (χ4v) is 3.31. The van der Waals surface area contributed by atoms with Crippen LogP contribution in [0.4, 0.5) is 17.6 Å². The van der Waals surface area contributed by atoms with Crippen LogP contribution < -0.4 is 10.5 Å². The van der Waals surface area contributed by atoms with E-state index in [1.54, 1.807) is 0 Å². The molecule has 0 amide bonds. The number of benzene rings is 1. The maximum Gasteiger partial charge on any atom is 0.269 e. The number of Topliss-reactive ketones (excluding diaryl/α,β-unsaturated/α-hetero) is 1. The predicted molar refractivity (Wildman–Crippen MR) is 108 cm³/mol. The molecule has 1 aliphatic rings. The Morgan fingerprint density at radius 2 is 2.10 bits per heavy atom. The van der Waals surface area contributed by atoms with E-state index in [4.69, 9.17) is 22.1 Å². The number of halogens is 6. The second-order valence-electron chi connectivity index (χ2n) is 6.49. The highest BCUT2D eigenvalue weighted by Gasteiger charge is 2.46. The molecule has 2 N–H and O–H groups in total. The standard InChI is InChI=1S/C19H16ClF4N3O3.ClH/c20-13-5-11(30-9-21)6-26-17(13)15(28)4-10-1-2-14(22)12(3-10)19(18(23)24)8-29-7-16(25)27-19;/h1-3,5-6,18H,4,7-9H2,(H2,25,27);1H/t19-;/m0./s1. The zero-order chi connectivity index (χ0) is 21.9. The van der Waals surface area contributed by atoms with Gasteiger partial charge in [0.1, 0.15) is 29.7 Å². The minimum absolute atomic E-state index is 0. The van der Waals surface area contributed by atoms with E-state index in [1.165, 1.54) is 12.1 Å². The lowest BCUT2D eigenvalue weighted by molar-refractivity contribution is -0.0146. The molecule has 0 aliphatic carbocycles. The number of ketones is 1. The van der Waals surface area contributed by atoms with Gasteiger partial charge in [0.25, 0.3) is 6.43 Å². The van der Waals surface area contributed by atoms with E-state index in [-0.39, 0.29) is 53.3 Å². The van der Waals surface area contributed by atoms with Crippen molar-refractivity contribution in [1.29, 1.82) is 0 Å². The van der Waals surface area contributed by atoms with Crippen molar-refractivity contribution in [2.24, 2.45) is 10.7 Å². The van der Waals surface area contributed by atoms with E-state index in [0.29, 0.717) is 0 Å². The summed E-state index contributed by atoms with van der Waals surface area (Å²) in [7, 11) is 0. The molecule has 1 aliphatic heterocycles. The van der Waals surface area contributed by atoms with Gasteiger partial charge in [-0.2, -0.15) is 0 Å². The molecule has 31 heavy (non-hydrogen) atoms. The molecular formula is C19H17Cl2F4N3O3. The van der Waals surface area contributed by atoms with Gasteiger partial charge in [-0.25, -0.2) is 22.5 Å². The molecule has 1 aromatic heterocycles. The summed E-state index contributed by atoms with van der Waals surface area (Å²) in [5.41, 5.74) is 2.90. The fraction of sp³-hybridized carbons (Fsp3) is 0.316. The van der Waals surface area contributed by atoms with E-state index in [9.17, 15) is 22.4 Å². The average molecular weight is 482 g/mol. The van der Waals surface area contributed by atoms with Crippen molar-refractivity contribution in [3.8, 4) is 5.75 Å². The van der Waals surface area contributed by atoms with Gasteiger partial charge < -0.3 is 15.2 Å². The molecule has 0 saturated carbocycles. The lowest BCUT2D eigenvalue weighted by Crippen LogP contribution is -2.45. The number of alkyl halides is 3. The van der Waals surface area contributed by atoms with Crippen molar-refractivity contribution in [3.63, 3.8) is 0 Å². The summed E-state index contributed by atoms with van der Waals surface area (Å²) in [6, 6.07) is 4.59. The highest BCUT2D eigenvalue weighted by Crippen LogP contribution is 2.37. The predicted octanol–water partition coefficient (Wildman–Crippen LogP) is 3.87. The van der Waals surface area contributed by atoms with Gasteiger partial charge in [0.15, 0.2) is 11.3 Å². The van der Waals surface area contributed by atoms with Crippen molar-refractivity contribution < 1.29 is 31.8 Å². The Labute approximate surface area is 185 Å². The third-order valence-corrected chi connectivity index (χ3v) is 4.73. The number of nitrogens with two attached hydrogens (primary N) is 1. The van der Waals surface area contributed by atoms with Crippen molar-refractivity contribution in [3.05, 3.63) is 58.1 Å². The average Bonchev–Trinajstić information content (AvgIpc) is 2.69. The van der Waals surface area contributed by atoms with Crippen LogP contribution in [-0.4, -0.2) is 43.1 Å². The molecular weight excluding hydrogens is 465 g/mol. The number of amidine groups is 1. The Morgan fingerprint density at radius 1 is 1.35 bits per heavy atom. The molecule has 1 atom stereocenters. The zero-order valence-corrected chi connectivity index (χ0v) is 17.4. The Hall–Kier alpha value is -2.43. The monoisotopic (exact) mass is 481 g/mol. The molecule has 0 saturated heterocycles. The van der Waals surface area contributed by atoms with Crippen molar-refractivity contribution in [2.45, 2.75) is 18.4 Å². The first kappa shape index (κ1) is 24.8. The van der Waals surface area contributed by atoms with Crippen LogP contribution in [0.2, 0.25) is 5.02 Å². The molecule has 0 unspecified atom stereocenters. The van der Waals surface area contributed by atoms with Crippen LogP contribution in [0, 0.1) is 5.82 Å². The summed E-state index contributed by atoms with van der Waals surface area (Å²) in [5.74, 6) is -1.64. The van der Waals surface area contributed by atoms with Gasteiger partial charge in [-0.1, -0.05) is 17.7 Å². The van der Waals surface area contributed by atoms with Gasteiger partial charge in [0.2, 0.25) is 6.86 Å². The highest BCUT2D eigenvalue weighted by atomic mass is 35.5. The van der Waals surface area contributed by atoms with Crippen molar-refractivity contribution >= 4 is 35.6 Å². The van der Waals surface area contributed by atoms with Gasteiger partial charge in [-0.3, -0.25) is 9.79 Å². The first-order valence-corrected chi connectivity index (χ1v) is 9.01. The number of carbonyl (C=O) groups excluding carboxylic acids is 1. The molecule has 0 radical (unpaired) electrons.